The summed E-state index contributed by atoms with van der Waals surface area (Å²) in [4.78, 5) is 15.3. The maximum atomic E-state index is 11.7. The summed E-state index contributed by atoms with van der Waals surface area (Å²) in [6, 6.07) is 5.73. The molecule has 0 radical (unpaired) electrons. The fraction of sp³-hybridized carbons (Fsp3) is 0.438. The smallest absolute Gasteiger partial charge is 0.236 e. The number of hydrogen-bond donors (Lipinski definition) is 1. The fourth-order valence-electron chi connectivity index (χ4n) is 1.82. The van der Waals surface area contributed by atoms with Crippen LogP contribution < -0.4 is 10.5 Å². The molecule has 0 atom stereocenters. The number of nitrogens with two attached hydrogens (primary N) is 1. The van der Waals surface area contributed by atoms with Crippen LogP contribution in [-0.4, -0.2) is 57.0 Å². The third kappa shape index (κ3) is 5.46. The lowest BCUT2D eigenvalue weighted by atomic mass is 10.1. The fourth-order valence-corrected chi connectivity index (χ4v) is 1.82. The van der Waals surface area contributed by atoms with Gasteiger partial charge in [0.15, 0.2) is 0 Å². The number of amides is 1. The van der Waals surface area contributed by atoms with E-state index in [4.69, 9.17) is 10.5 Å². The molecule has 0 aliphatic heterocycles. The zero-order chi connectivity index (χ0) is 15.8. The number of carbonyl (C=O) groups is 1. The highest BCUT2D eigenvalue weighted by Crippen LogP contribution is 2.18. The van der Waals surface area contributed by atoms with Gasteiger partial charge >= 0.3 is 0 Å². The van der Waals surface area contributed by atoms with Gasteiger partial charge in [0, 0.05) is 26.2 Å². The summed E-state index contributed by atoms with van der Waals surface area (Å²) in [5, 5.41) is 0. The van der Waals surface area contributed by atoms with E-state index in [9.17, 15) is 4.79 Å². The molecule has 1 aromatic carbocycles. The number of carbonyl (C=O) groups excluding carboxylic acids is 1. The molecule has 5 heteroatoms. The number of likely N-dealkylation sites (N-methyl/N-ethyl adjacent to an activating group) is 2. The molecule has 0 bridgehead atoms. The van der Waals surface area contributed by atoms with E-state index in [1.54, 1.807) is 26.1 Å². The highest BCUT2D eigenvalue weighted by Gasteiger charge is 2.11. The van der Waals surface area contributed by atoms with Crippen molar-refractivity contribution < 1.29 is 9.53 Å². The van der Waals surface area contributed by atoms with Gasteiger partial charge in [-0.15, -0.1) is 0 Å². The van der Waals surface area contributed by atoms with E-state index in [1.807, 2.05) is 30.1 Å². The van der Waals surface area contributed by atoms with E-state index in [0.29, 0.717) is 19.6 Å². The lowest BCUT2D eigenvalue weighted by molar-refractivity contribution is -0.129. The van der Waals surface area contributed by atoms with Crippen molar-refractivity contribution in [3.63, 3.8) is 0 Å². The molecule has 21 heavy (non-hydrogen) atoms. The molecule has 0 spiro atoms. The van der Waals surface area contributed by atoms with Crippen LogP contribution in [-0.2, 0) is 11.3 Å². The Kier molecular flexibility index (Phi) is 6.73. The molecular weight excluding hydrogens is 266 g/mol. The number of ether oxygens (including phenoxy) is 1. The van der Waals surface area contributed by atoms with Crippen LogP contribution in [0.4, 0.5) is 0 Å². The molecule has 0 aliphatic rings. The number of rotatable bonds is 5. The standard InChI is InChI=1S/C16H23N3O2/c1-18(2)16(20)12-19(3)11-14-10-15(21-4)8-7-13(14)6-5-9-17/h7-8,10H,9,11-12,17H2,1-4H3. The molecule has 2 N–H and O–H groups in total. The van der Waals surface area contributed by atoms with Crippen molar-refractivity contribution >= 4 is 5.91 Å². The lowest BCUT2D eigenvalue weighted by Gasteiger charge is -2.20. The number of benzene rings is 1. The van der Waals surface area contributed by atoms with Crippen LogP contribution in [0.3, 0.4) is 0 Å². The van der Waals surface area contributed by atoms with E-state index in [2.05, 4.69) is 11.8 Å². The Morgan fingerprint density at radius 1 is 1.33 bits per heavy atom. The zero-order valence-corrected chi connectivity index (χ0v) is 13.1. The summed E-state index contributed by atoms with van der Waals surface area (Å²) in [6.45, 7) is 1.29. The maximum Gasteiger partial charge on any atom is 0.236 e. The van der Waals surface area contributed by atoms with Gasteiger partial charge in [-0.25, -0.2) is 0 Å². The Bertz CT molecular complexity index is 544. The molecule has 0 saturated carbocycles. The molecule has 114 valence electrons. The maximum absolute atomic E-state index is 11.7. The van der Waals surface area contributed by atoms with Crippen LogP contribution in [0, 0.1) is 11.8 Å². The molecule has 0 fully saturated rings. The minimum absolute atomic E-state index is 0.0648. The molecule has 0 unspecified atom stereocenters. The van der Waals surface area contributed by atoms with Crippen molar-refractivity contribution in [3.05, 3.63) is 29.3 Å². The molecule has 1 amide bonds. The monoisotopic (exact) mass is 289 g/mol. The quantitative estimate of drug-likeness (QED) is 0.803. The van der Waals surface area contributed by atoms with Gasteiger partial charge in [-0.3, -0.25) is 9.69 Å². The number of hydrogen-bond acceptors (Lipinski definition) is 4. The Morgan fingerprint density at radius 2 is 2.05 bits per heavy atom. The minimum atomic E-state index is 0.0648. The third-order valence-electron chi connectivity index (χ3n) is 2.98. The summed E-state index contributed by atoms with van der Waals surface area (Å²) in [7, 11) is 7.03. The average Bonchev–Trinajstić information content (AvgIpc) is 2.45. The van der Waals surface area contributed by atoms with Crippen molar-refractivity contribution in [1.29, 1.82) is 0 Å². The van der Waals surface area contributed by atoms with Crippen LogP contribution in [0.25, 0.3) is 0 Å². The molecule has 0 aromatic heterocycles. The lowest BCUT2D eigenvalue weighted by Crippen LogP contribution is -2.34. The molecule has 0 heterocycles. The summed E-state index contributed by atoms with van der Waals surface area (Å²) in [6.07, 6.45) is 0. The van der Waals surface area contributed by atoms with Gasteiger partial charge in [0.25, 0.3) is 0 Å². The first kappa shape index (κ1) is 17.0. The first-order valence-electron chi connectivity index (χ1n) is 6.72. The van der Waals surface area contributed by atoms with Gasteiger partial charge in [-0.1, -0.05) is 11.8 Å². The van der Waals surface area contributed by atoms with Gasteiger partial charge in [0.1, 0.15) is 5.75 Å². The topological polar surface area (TPSA) is 58.8 Å². The van der Waals surface area contributed by atoms with Crippen molar-refractivity contribution in [2.45, 2.75) is 6.54 Å². The predicted molar refractivity (Wildman–Crippen MR) is 84.0 cm³/mol. The molecule has 1 aromatic rings. The van der Waals surface area contributed by atoms with E-state index >= 15 is 0 Å². The van der Waals surface area contributed by atoms with Crippen molar-refractivity contribution in [1.82, 2.24) is 9.80 Å². The van der Waals surface area contributed by atoms with Crippen molar-refractivity contribution in [3.8, 4) is 17.6 Å². The molecular formula is C16H23N3O2. The number of methoxy groups -OCH3 is 1. The van der Waals surface area contributed by atoms with Crippen LogP contribution >= 0.6 is 0 Å². The van der Waals surface area contributed by atoms with Crippen LogP contribution in [0.1, 0.15) is 11.1 Å². The molecule has 5 nitrogen and oxygen atoms in total. The van der Waals surface area contributed by atoms with Crippen LogP contribution in [0.2, 0.25) is 0 Å². The largest absolute Gasteiger partial charge is 0.497 e. The van der Waals surface area contributed by atoms with Gasteiger partial charge < -0.3 is 15.4 Å². The Balaban J connectivity index is 2.91. The van der Waals surface area contributed by atoms with Crippen LogP contribution in [0.15, 0.2) is 18.2 Å². The van der Waals surface area contributed by atoms with Gasteiger partial charge in [0.2, 0.25) is 5.91 Å². The van der Waals surface area contributed by atoms with Gasteiger partial charge in [0.05, 0.1) is 20.2 Å². The average molecular weight is 289 g/mol. The summed E-state index contributed by atoms with van der Waals surface area (Å²) in [5.74, 6) is 6.75. The first-order chi connectivity index (χ1) is 9.97. The Morgan fingerprint density at radius 3 is 2.62 bits per heavy atom. The van der Waals surface area contributed by atoms with Crippen molar-refractivity contribution in [2.75, 3.05) is 41.3 Å². The second-order valence-corrected chi connectivity index (χ2v) is 4.99. The normalized spacial score (nSPS) is 10.0. The molecule has 0 saturated heterocycles. The van der Waals surface area contributed by atoms with Gasteiger partial charge in [-0.2, -0.15) is 0 Å². The second-order valence-electron chi connectivity index (χ2n) is 4.99. The van der Waals surface area contributed by atoms with Gasteiger partial charge in [-0.05, 0) is 30.8 Å². The first-order valence-corrected chi connectivity index (χ1v) is 6.72. The molecule has 0 aliphatic carbocycles. The predicted octanol–water partition coefficient (Wildman–Crippen LogP) is 0.525. The van der Waals surface area contributed by atoms with E-state index < -0.39 is 0 Å². The Hall–Kier alpha value is -2.03. The third-order valence-corrected chi connectivity index (χ3v) is 2.98. The zero-order valence-electron chi connectivity index (χ0n) is 13.1. The van der Waals surface area contributed by atoms with Crippen LogP contribution in [0.5, 0.6) is 5.75 Å². The second kappa shape index (κ2) is 8.30. The molecule has 1 rings (SSSR count). The highest BCUT2D eigenvalue weighted by atomic mass is 16.5. The van der Waals surface area contributed by atoms with E-state index in [-0.39, 0.29) is 5.91 Å². The van der Waals surface area contributed by atoms with E-state index in [1.165, 1.54) is 0 Å². The summed E-state index contributed by atoms with van der Waals surface area (Å²) >= 11 is 0. The van der Waals surface area contributed by atoms with Crippen molar-refractivity contribution in [2.24, 2.45) is 5.73 Å². The minimum Gasteiger partial charge on any atom is -0.497 e. The number of nitrogens with zero attached hydrogens (tertiary/aromatic N) is 2. The Labute approximate surface area is 126 Å². The van der Waals surface area contributed by atoms with E-state index in [0.717, 1.165) is 16.9 Å². The SMILES string of the molecule is COc1ccc(C#CCN)c(CN(C)CC(=O)N(C)C)c1. The highest BCUT2D eigenvalue weighted by molar-refractivity contribution is 5.77. The summed E-state index contributed by atoms with van der Waals surface area (Å²) < 4.78 is 5.25. The summed E-state index contributed by atoms with van der Waals surface area (Å²) in [5.41, 5.74) is 7.35.